The molecule has 5 nitrogen and oxygen atoms in total. The number of ether oxygens (including phenoxy) is 1. The second kappa shape index (κ2) is 6.23. The predicted octanol–water partition coefficient (Wildman–Crippen LogP) is 2.49. The first-order valence-electron chi connectivity index (χ1n) is 6.83. The van der Waals surface area contributed by atoms with Crippen molar-refractivity contribution in [1.29, 1.82) is 0 Å². The minimum absolute atomic E-state index is 0.163. The number of benzene rings is 1. The van der Waals surface area contributed by atoms with Gasteiger partial charge in [-0.3, -0.25) is 4.79 Å². The summed E-state index contributed by atoms with van der Waals surface area (Å²) < 4.78 is 28.5. The lowest BCUT2D eigenvalue weighted by Gasteiger charge is -2.17. The van der Waals surface area contributed by atoms with Crippen LogP contribution in [0.25, 0.3) is 0 Å². The number of rotatable bonds is 4. The average molecular weight is 332 g/mol. The van der Waals surface area contributed by atoms with E-state index in [0.29, 0.717) is 31.2 Å². The third-order valence-electron chi connectivity index (χ3n) is 3.46. The number of amides is 1. The van der Waals surface area contributed by atoms with Gasteiger partial charge in [-0.2, -0.15) is 0 Å². The molecule has 7 heteroatoms. The molecular formula is C14H18ClNO4S. The molecule has 1 heterocycles. The molecule has 0 saturated carbocycles. The van der Waals surface area contributed by atoms with E-state index in [2.05, 4.69) is 6.92 Å². The lowest BCUT2D eigenvalue weighted by atomic mass is 10.1. The molecule has 1 fully saturated rings. The van der Waals surface area contributed by atoms with Gasteiger partial charge in [-0.15, -0.1) is 0 Å². The number of carbonyl (C=O) groups excluding carboxylic acids is 1. The van der Waals surface area contributed by atoms with Gasteiger partial charge < -0.3 is 9.64 Å². The molecule has 1 aliphatic rings. The highest BCUT2D eigenvalue weighted by Crippen LogP contribution is 2.29. The summed E-state index contributed by atoms with van der Waals surface area (Å²) in [7, 11) is 1.46. The maximum absolute atomic E-state index is 12.4. The van der Waals surface area contributed by atoms with E-state index in [4.69, 9.17) is 15.4 Å². The first-order valence-corrected chi connectivity index (χ1v) is 9.14. The van der Waals surface area contributed by atoms with E-state index in [1.54, 1.807) is 17.9 Å². The Labute approximate surface area is 129 Å². The summed E-state index contributed by atoms with van der Waals surface area (Å²) in [6.07, 6.45) is 0.962. The van der Waals surface area contributed by atoms with Crippen LogP contribution in [0.2, 0.25) is 0 Å². The Bertz CT molecular complexity index is 644. The third-order valence-corrected chi connectivity index (χ3v) is 4.81. The van der Waals surface area contributed by atoms with Gasteiger partial charge in [0.15, 0.2) is 0 Å². The first-order chi connectivity index (χ1) is 9.82. The van der Waals surface area contributed by atoms with Crippen LogP contribution in [-0.4, -0.2) is 38.9 Å². The molecule has 21 heavy (non-hydrogen) atoms. The fourth-order valence-electron chi connectivity index (χ4n) is 2.41. The highest BCUT2D eigenvalue weighted by atomic mass is 35.7. The molecule has 1 aromatic rings. The highest BCUT2D eigenvalue weighted by Gasteiger charge is 2.26. The number of likely N-dealkylation sites (tertiary alicyclic amines) is 1. The van der Waals surface area contributed by atoms with Crippen molar-refractivity contribution in [3.63, 3.8) is 0 Å². The normalized spacial score (nSPS) is 18.8. The Morgan fingerprint density at radius 3 is 2.71 bits per heavy atom. The van der Waals surface area contributed by atoms with E-state index in [1.165, 1.54) is 12.1 Å². The number of hydrogen-bond donors (Lipinski definition) is 0. The summed E-state index contributed by atoms with van der Waals surface area (Å²) in [6, 6.07) is 4.34. The highest BCUT2D eigenvalue weighted by molar-refractivity contribution is 8.13. The predicted molar refractivity (Wildman–Crippen MR) is 80.3 cm³/mol. The van der Waals surface area contributed by atoms with Gasteiger partial charge >= 0.3 is 0 Å². The monoisotopic (exact) mass is 331 g/mol. The maximum atomic E-state index is 12.4. The molecule has 1 unspecified atom stereocenters. The Kier molecular flexibility index (Phi) is 4.78. The van der Waals surface area contributed by atoms with Crippen LogP contribution >= 0.6 is 10.7 Å². The van der Waals surface area contributed by atoms with Gasteiger partial charge in [0.25, 0.3) is 15.0 Å². The molecule has 0 N–H and O–H groups in total. The van der Waals surface area contributed by atoms with Gasteiger partial charge in [-0.05, 0) is 37.5 Å². The smallest absolute Gasteiger partial charge is 0.265 e. The molecule has 1 aliphatic heterocycles. The van der Waals surface area contributed by atoms with Crippen molar-refractivity contribution >= 4 is 25.6 Å². The van der Waals surface area contributed by atoms with E-state index < -0.39 is 9.05 Å². The number of halogens is 1. The zero-order valence-corrected chi connectivity index (χ0v) is 13.6. The number of hydrogen-bond acceptors (Lipinski definition) is 4. The minimum Gasteiger partial charge on any atom is -0.492 e. The minimum atomic E-state index is -3.97. The van der Waals surface area contributed by atoms with Crippen LogP contribution in [0.3, 0.4) is 0 Å². The van der Waals surface area contributed by atoms with Crippen molar-refractivity contribution in [2.24, 2.45) is 5.92 Å². The maximum Gasteiger partial charge on any atom is 0.265 e. The number of nitrogens with zero attached hydrogens (tertiary/aromatic N) is 1. The second-order valence-corrected chi connectivity index (χ2v) is 7.71. The van der Waals surface area contributed by atoms with E-state index in [-0.39, 0.29) is 16.6 Å². The zero-order chi connectivity index (χ0) is 15.6. The fraction of sp³-hybridized carbons (Fsp3) is 0.500. The Balaban J connectivity index is 2.35. The molecule has 1 aromatic carbocycles. The van der Waals surface area contributed by atoms with Crippen molar-refractivity contribution in [2.75, 3.05) is 19.7 Å². The first kappa shape index (κ1) is 16.1. The molecule has 1 saturated heterocycles. The summed E-state index contributed by atoms with van der Waals surface area (Å²) in [5.74, 6) is 0.454. The SMILES string of the molecule is CCOc1ccc(C(=O)N2CCC(C)C2)cc1S(=O)(=O)Cl. The molecular weight excluding hydrogens is 314 g/mol. The van der Waals surface area contributed by atoms with Crippen molar-refractivity contribution < 1.29 is 17.9 Å². The summed E-state index contributed by atoms with van der Waals surface area (Å²) in [5.41, 5.74) is 0.312. The Morgan fingerprint density at radius 2 is 2.19 bits per heavy atom. The largest absolute Gasteiger partial charge is 0.492 e. The van der Waals surface area contributed by atoms with Gasteiger partial charge in [-0.1, -0.05) is 6.92 Å². The summed E-state index contributed by atoms with van der Waals surface area (Å²) in [4.78, 5) is 14.0. The van der Waals surface area contributed by atoms with E-state index in [9.17, 15) is 13.2 Å². The molecule has 2 rings (SSSR count). The second-order valence-electron chi connectivity index (χ2n) is 5.18. The van der Waals surface area contributed by atoms with Gasteiger partial charge in [0.05, 0.1) is 6.61 Å². The fourth-order valence-corrected chi connectivity index (χ4v) is 3.41. The van der Waals surface area contributed by atoms with Crippen LogP contribution in [0.15, 0.2) is 23.1 Å². The molecule has 1 amide bonds. The molecule has 1 atom stereocenters. The van der Waals surface area contributed by atoms with Crippen LogP contribution in [0.5, 0.6) is 5.75 Å². The molecule has 0 aromatic heterocycles. The quantitative estimate of drug-likeness (QED) is 0.795. The van der Waals surface area contributed by atoms with Crippen molar-refractivity contribution in [3.8, 4) is 5.75 Å². The van der Waals surface area contributed by atoms with Crippen LogP contribution in [-0.2, 0) is 9.05 Å². The van der Waals surface area contributed by atoms with Gasteiger partial charge in [0.2, 0.25) is 0 Å². The molecule has 0 radical (unpaired) electrons. The van der Waals surface area contributed by atoms with Crippen molar-refractivity contribution in [2.45, 2.75) is 25.2 Å². The van der Waals surface area contributed by atoms with Crippen LogP contribution in [0, 0.1) is 5.92 Å². The van der Waals surface area contributed by atoms with Crippen molar-refractivity contribution in [1.82, 2.24) is 4.90 Å². The van der Waals surface area contributed by atoms with E-state index >= 15 is 0 Å². The summed E-state index contributed by atoms with van der Waals surface area (Å²) >= 11 is 0. The Hall–Kier alpha value is -1.27. The van der Waals surface area contributed by atoms with Crippen LogP contribution in [0.1, 0.15) is 30.6 Å². The van der Waals surface area contributed by atoms with E-state index in [0.717, 1.165) is 6.42 Å². The summed E-state index contributed by atoms with van der Waals surface area (Å²) in [5, 5.41) is 0. The molecule has 116 valence electrons. The average Bonchev–Trinajstić information content (AvgIpc) is 2.84. The molecule has 0 bridgehead atoms. The Morgan fingerprint density at radius 1 is 1.48 bits per heavy atom. The van der Waals surface area contributed by atoms with Gasteiger partial charge in [0, 0.05) is 29.3 Å². The van der Waals surface area contributed by atoms with Crippen LogP contribution in [0.4, 0.5) is 0 Å². The lowest BCUT2D eigenvalue weighted by Crippen LogP contribution is -2.28. The molecule has 0 spiro atoms. The van der Waals surface area contributed by atoms with E-state index in [1.807, 2.05) is 0 Å². The third kappa shape index (κ3) is 3.68. The standard InChI is InChI=1S/C14H18ClNO4S/c1-3-20-12-5-4-11(8-13(12)21(15,18)19)14(17)16-7-6-10(2)9-16/h4-5,8,10H,3,6-7,9H2,1-2H3. The van der Waals surface area contributed by atoms with Gasteiger partial charge in [0.1, 0.15) is 10.6 Å². The van der Waals surface area contributed by atoms with Crippen LogP contribution < -0.4 is 4.74 Å². The van der Waals surface area contributed by atoms with Crippen molar-refractivity contribution in [3.05, 3.63) is 23.8 Å². The van der Waals surface area contributed by atoms with Gasteiger partial charge in [-0.25, -0.2) is 8.42 Å². The summed E-state index contributed by atoms with van der Waals surface area (Å²) in [6.45, 7) is 5.52. The lowest BCUT2D eigenvalue weighted by molar-refractivity contribution is 0.0788. The molecule has 0 aliphatic carbocycles. The topological polar surface area (TPSA) is 63.7 Å². The number of carbonyl (C=O) groups is 1. The zero-order valence-electron chi connectivity index (χ0n) is 12.0.